The van der Waals surface area contributed by atoms with E-state index in [9.17, 15) is 4.39 Å². The molecule has 18 heavy (non-hydrogen) atoms. The van der Waals surface area contributed by atoms with E-state index in [0.717, 1.165) is 17.1 Å². The molecule has 1 aromatic heterocycles. The van der Waals surface area contributed by atoms with Gasteiger partial charge < -0.3 is 4.74 Å². The smallest absolute Gasteiger partial charge is 0.126 e. The highest BCUT2D eigenvalue weighted by atomic mass is 35.5. The van der Waals surface area contributed by atoms with Gasteiger partial charge in [-0.3, -0.25) is 0 Å². The first kappa shape index (κ1) is 13.3. The summed E-state index contributed by atoms with van der Waals surface area (Å²) in [5.41, 5.74) is 1.49. The summed E-state index contributed by atoms with van der Waals surface area (Å²) in [6, 6.07) is 4.75. The van der Waals surface area contributed by atoms with Crippen molar-refractivity contribution in [1.29, 1.82) is 0 Å². The fraction of sp³-hybridized carbons (Fsp3) is 0.308. The van der Waals surface area contributed by atoms with Crippen LogP contribution in [0.3, 0.4) is 0 Å². The van der Waals surface area contributed by atoms with Crippen molar-refractivity contribution in [3.8, 4) is 5.75 Å². The normalized spacial score (nSPS) is 10.6. The Labute approximate surface area is 114 Å². The van der Waals surface area contributed by atoms with Crippen LogP contribution in [0.25, 0.3) is 0 Å². The van der Waals surface area contributed by atoms with Gasteiger partial charge in [-0.1, -0.05) is 0 Å². The van der Waals surface area contributed by atoms with E-state index < -0.39 is 0 Å². The minimum Gasteiger partial charge on any atom is -0.493 e. The van der Waals surface area contributed by atoms with Gasteiger partial charge in [0.15, 0.2) is 0 Å². The van der Waals surface area contributed by atoms with Gasteiger partial charge in [-0.2, -0.15) is 0 Å². The molecular formula is C13H13ClFNOS. The van der Waals surface area contributed by atoms with E-state index >= 15 is 0 Å². The Bertz CT molecular complexity index is 529. The summed E-state index contributed by atoms with van der Waals surface area (Å²) in [5, 5.41) is 2.95. The van der Waals surface area contributed by atoms with Crippen molar-refractivity contribution >= 4 is 22.9 Å². The molecule has 0 aliphatic carbocycles. The molecule has 2 rings (SSSR count). The van der Waals surface area contributed by atoms with Gasteiger partial charge in [0, 0.05) is 11.8 Å². The van der Waals surface area contributed by atoms with E-state index in [1.807, 2.05) is 5.38 Å². The highest BCUT2D eigenvalue weighted by molar-refractivity contribution is 7.09. The molecule has 0 fully saturated rings. The molecule has 0 spiro atoms. The molecule has 1 heterocycles. The highest BCUT2D eigenvalue weighted by Gasteiger charge is 2.03. The molecule has 2 aromatic rings. The molecule has 5 heteroatoms. The van der Waals surface area contributed by atoms with Crippen LogP contribution in [0.4, 0.5) is 4.39 Å². The molecule has 0 bridgehead atoms. The number of benzene rings is 1. The van der Waals surface area contributed by atoms with E-state index in [0.29, 0.717) is 23.8 Å². The zero-order chi connectivity index (χ0) is 13.0. The van der Waals surface area contributed by atoms with Crippen molar-refractivity contribution in [2.75, 3.05) is 6.61 Å². The van der Waals surface area contributed by atoms with E-state index in [4.69, 9.17) is 16.3 Å². The number of rotatable bonds is 5. The van der Waals surface area contributed by atoms with Gasteiger partial charge >= 0.3 is 0 Å². The average Bonchev–Trinajstić information content (AvgIpc) is 2.82. The number of alkyl halides is 1. The second kappa shape index (κ2) is 6.16. The van der Waals surface area contributed by atoms with E-state index in [-0.39, 0.29) is 5.82 Å². The lowest BCUT2D eigenvalue weighted by atomic mass is 10.2. The van der Waals surface area contributed by atoms with Crippen LogP contribution in [0.1, 0.15) is 16.3 Å². The third-order valence-electron chi connectivity index (χ3n) is 2.45. The van der Waals surface area contributed by atoms with Crippen molar-refractivity contribution in [2.45, 2.75) is 19.2 Å². The van der Waals surface area contributed by atoms with Crippen molar-refractivity contribution in [3.05, 3.63) is 45.7 Å². The summed E-state index contributed by atoms with van der Waals surface area (Å²) < 4.78 is 18.6. The van der Waals surface area contributed by atoms with Gasteiger partial charge in [-0.05, 0) is 30.7 Å². The number of hydrogen-bond donors (Lipinski definition) is 0. The largest absolute Gasteiger partial charge is 0.493 e. The highest BCUT2D eigenvalue weighted by Crippen LogP contribution is 2.17. The molecule has 0 radical (unpaired) electrons. The Kier molecular flexibility index (Phi) is 4.55. The van der Waals surface area contributed by atoms with Crippen LogP contribution in [-0.4, -0.2) is 11.6 Å². The summed E-state index contributed by atoms with van der Waals surface area (Å²) in [6.07, 6.45) is 0.734. The molecular weight excluding hydrogens is 273 g/mol. The summed E-state index contributed by atoms with van der Waals surface area (Å²) in [5.74, 6) is 0.908. The fourth-order valence-corrected chi connectivity index (χ4v) is 2.50. The molecule has 0 N–H and O–H groups in total. The van der Waals surface area contributed by atoms with Gasteiger partial charge in [-0.25, -0.2) is 9.37 Å². The molecule has 0 saturated carbocycles. The zero-order valence-corrected chi connectivity index (χ0v) is 11.5. The maximum Gasteiger partial charge on any atom is 0.126 e. The predicted octanol–water partition coefficient (Wildman–Crippen LogP) is 3.95. The SMILES string of the molecule is Cc1cc(OCCc2nc(CCl)cs2)ccc1F. The van der Waals surface area contributed by atoms with Crippen molar-refractivity contribution in [1.82, 2.24) is 4.98 Å². The number of aromatic nitrogens is 1. The number of ether oxygens (including phenoxy) is 1. The third-order valence-corrected chi connectivity index (χ3v) is 3.68. The zero-order valence-electron chi connectivity index (χ0n) is 9.95. The summed E-state index contributed by atoms with van der Waals surface area (Å²) >= 11 is 7.26. The first-order valence-corrected chi connectivity index (χ1v) is 6.98. The van der Waals surface area contributed by atoms with Crippen LogP contribution in [0.15, 0.2) is 23.6 Å². The number of nitrogens with zero attached hydrogens (tertiary/aromatic N) is 1. The van der Waals surface area contributed by atoms with Crippen molar-refractivity contribution in [3.63, 3.8) is 0 Å². The van der Waals surface area contributed by atoms with Crippen LogP contribution in [0, 0.1) is 12.7 Å². The molecule has 0 atom stereocenters. The van der Waals surface area contributed by atoms with Gasteiger partial charge in [0.1, 0.15) is 11.6 Å². The fourth-order valence-electron chi connectivity index (χ4n) is 1.49. The standard InChI is InChI=1S/C13H13ClFNOS/c1-9-6-11(2-3-12(9)15)17-5-4-13-16-10(7-14)8-18-13/h2-3,6,8H,4-5,7H2,1H3. The summed E-state index contributed by atoms with van der Waals surface area (Å²) in [6.45, 7) is 2.25. The van der Waals surface area contributed by atoms with Crippen LogP contribution < -0.4 is 4.74 Å². The first-order chi connectivity index (χ1) is 8.69. The Balaban J connectivity index is 1.86. The van der Waals surface area contributed by atoms with Crippen LogP contribution in [0.5, 0.6) is 5.75 Å². The first-order valence-electron chi connectivity index (χ1n) is 5.57. The van der Waals surface area contributed by atoms with Gasteiger partial charge in [0.2, 0.25) is 0 Å². The number of hydrogen-bond acceptors (Lipinski definition) is 3. The Morgan fingerprint density at radius 3 is 2.94 bits per heavy atom. The Morgan fingerprint density at radius 1 is 1.44 bits per heavy atom. The maximum atomic E-state index is 13.1. The molecule has 1 aromatic carbocycles. The average molecular weight is 286 g/mol. The van der Waals surface area contributed by atoms with Gasteiger partial charge in [-0.15, -0.1) is 22.9 Å². The quantitative estimate of drug-likeness (QED) is 0.776. The molecule has 0 saturated heterocycles. The molecule has 2 nitrogen and oxygen atoms in total. The van der Waals surface area contributed by atoms with Crippen LogP contribution in [-0.2, 0) is 12.3 Å². The van der Waals surface area contributed by atoms with E-state index in [2.05, 4.69) is 4.98 Å². The number of aryl methyl sites for hydroxylation is 1. The lowest BCUT2D eigenvalue weighted by Gasteiger charge is -2.06. The lowest BCUT2D eigenvalue weighted by molar-refractivity contribution is 0.321. The number of halogens is 2. The van der Waals surface area contributed by atoms with E-state index in [1.165, 1.54) is 6.07 Å². The predicted molar refractivity (Wildman–Crippen MR) is 72.0 cm³/mol. The summed E-state index contributed by atoms with van der Waals surface area (Å²) in [4.78, 5) is 4.34. The van der Waals surface area contributed by atoms with Crippen molar-refractivity contribution in [2.24, 2.45) is 0 Å². The molecule has 0 unspecified atom stereocenters. The lowest BCUT2D eigenvalue weighted by Crippen LogP contribution is -2.01. The third kappa shape index (κ3) is 3.43. The monoisotopic (exact) mass is 285 g/mol. The van der Waals surface area contributed by atoms with Crippen molar-refractivity contribution < 1.29 is 9.13 Å². The Hall–Kier alpha value is -1.13. The van der Waals surface area contributed by atoms with E-state index in [1.54, 1.807) is 30.4 Å². The second-order valence-corrected chi connectivity index (χ2v) is 5.09. The maximum absolute atomic E-state index is 13.1. The van der Waals surface area contributed by atoms with Crippen LogP contribution in [0.2, 0.25) is 0 Å². The molecule has 96 valence electrons. The Morgan fingerprint density at radius 2 is 2.28 bits per heavy atom. The minimum absolute atomic E-state index is 0.214. The summed E-state index contributed by atoms with van der Waals surface area (Å²) in [7, 11) is 0. The molecule has 0 aliphatic rings. The van der Waals surface area contributed by atoms with Gasteiger partial charge in [0.05, 0.1) is 23.2 Å². The molecule has 0 amide bonds. The minimum atomic E-state index is -0.214. The van der Waals surface area contributed by atoms with Crippen LogP contribution >= 0.6 is 22.9 Å². The number of thiazole rings is 1. The van der Waals surface area contributed by atoms with Gasteiger partial charge in [0.25, 0.3) is 0 Å². The molecule has 0 aliphatic heterocycles. The second-order valence-electron chi connectivity index (χ2n) is 3.88. The topological polar surface area (TPSA) is 22.1 Å².